The Morgan fingerprint density at radius 3 is 2.38 bits per heavy atom. The lowest BCUT2D eigenvalue weighted by Gasteiger charge is -2.13. The van der Waals surface area contributed by atoms with Crippen molar-refractivity contribution in [3.63, 3.8) is 0 Å². The van der Waals surface area contributed by atoms with Gasteiger partial charge in [-0.2, -0.15) is 0 Å². The third kappa shape index (κ3) is 3.95. The third-order valence-corrected chi connectivity index (χ3v) is 3.03. The first-order chi connectivity index (χ1) is 10.1. The highest BCUT2D eigenvalue weighted by Gasteiger charge is 2.07. The molecule has 0 saturated heterocycles. The average molecular weight is 284 g/mol. The summed E-state index contributed by atoms with van der Waals surface area (Å²) < 4.78 is 0. The molecule has 0 spiro atoms. The van der Waals surface area contributed by atoms with E-state index in [-0.39, 0.29) is 5.91 Å². The molecule has 21 heavy (non-hydrogen) atoms. The second-order valence-corrected chi connectivity index (χ2v) is 4.86. The minimum absolute atomic E-state index is 0.164. The molecular formula is C16H20N4O. The summed E-state index contributed by atoms with van der Waals surface area (Å²) in [5.74, 6) is 0.604. The lowest BCUT2D eigenvalue weighted by Crippen LogP contribution is -2.13. The number of amides is 1. The van der Waals surface area contributed by atoms with E-state index in [0.717, 1.165) is 23.7 Å². The molecule has 0 saturated carbocycles. The van der Waals surface area contributed by atoms with Crippen LogP contribution in [0.1, 0.15) is 17.3 Å². The van der Waals surface area contributed by atoms with E-state index in [1.165, 1.54) is 0 Å². The van der Waals surface area contributed by atoms with Crippen molar-refractivity contribution in [2.45, 2.75) is 6.92 Å². The van der Waals surface area contributed by atoms with E-state index in [0.29, 0.717) is 5.56 Å². The van der Waals surface area contributed by atoms with Crippen LogP contribution >= 0.6 is 0 Å². The van der Waals surface area contributed by atoms with E-state index >= 15 is 0 Å². The summed E-state index contributed by atoms with van der Waals surface area (Å²) in [7, 11) is 3.95. The predicted octanol–water partition coefficient (Wildman–Crippen LogP) is 2.83. The number of carbonyl (C=O) groups is 1. The summed E-state index contributed by atoms with van der Waals surface area (Å²) in [5, 5.41) is 5.95. The molecule has 1 heterocycles. The molecule has 0 radical (unpaired) electrons. The molecule has 2 N–H and O–H groups in total. The highest BCUT2D eigenvalue weighted by Crippen LogP contribution is 2.16. The number of benzene rings is 1. The average Bonchev–Trinajstić information content (AvgIpc) is 2.49. The fraction of sp³-hybridized carbons (Fsp3) is 0.250. The van der Waals surface area contributed by atoms with Gasteiger partial charge in [-0.25, -0.2) is 4.98 Å². The van der Waals surface area contributed by atoms with Crippen molar-refractivity contribution in [1.29, 1.82) is 0 Å². The molecule has 1 aromatic heterocycles. The van der Waals surface area contributed by atoms with Gasteiger partial charge in [-0.05, 0) is 43.3 Å². The minimum atomic E-state index is -0.164. The number of aromatic nitrogens is 1. The first-order valence-electron chi connectivity index (χ1n) is 6.89. The number of anilines is 3. The van der Waals surface area contributed by atoms with Crippen molar-refractivity contribution < 1.29 is 4.79 Å². The van der Waals surface area contributed by atoms with E-state index in [1.54, 1.807) is 18.3 Å². The van der Waals surface area contributed by atoms with E-state index in [2.05, 4.69) is 15.6 Å². The zero-order valence-corrected chi connectivity index (χ0v) is 12.6. The van der Waals surface area contributed by atoms with E-state index in [9.17, 15) is 4.79 Å². The molecule has 0 unspecified atom stereocenters. The molecule has 0 atom stereocenters. The van der Waals surface area contributed by atoms with E-state index < -0.39 is 0 Å². The van der Waals surface area contributed by atoms with Gasteiger partial charge in [0.15, 0.2) is 0 Å². The maximum atomic E-state index is 12.1. The summed E-state index contributed by atoms with van der Waals surface area (Å²) in [5.41, 5.74) is 2.39. The van der Waals surface area contributed by atoms with Crippen LogP contribution in [0.2, 0.25) is 0 Å². The number of rotatable bonds is 5. The Balaban J connectivity index is 2.03. The first-order valence-corrected chi connectivity index (χ1v) is 6.89. The van der Waals surface area contributed by atoms with Crippen molar-refractivity contribution in [2.24, 2.45) is 0 Å². The Kier molecular flexibility index (Phi) is 4.77. The normalized spacial score (nSPS) is 10.0. The summed E-state index contributed by atoms with van der Waals surface area (Å²) in [6.07, 6.45) is 1.57. The monoisotopic (exact) mass is 284 g/mol. The van der Waals surface area contributed by atoms with Crippen molar-refractivity contribution in [3.8, 4) is 0 Å². The van der Waals surface area contributed by atoms with Crippen LogP contribution < -0.4 is 15.5 Å². The van der Waals surface area contributed by atoms with Crippen LogP contribution in [-0.2, 0) is 0 Å². The van der Waals surface area contributed by atoms with Crippen LogP contribution in [0.15, 0.2) is 42.6 Å². The van der Waals surface area contributed by atoms with Gasteiger partial charge in [-0.1, -0.05) is 0 Å². The highest BCUT2D eigenvalue weighted by atomic mass is 16.1. The van der Waals surface area contributed by atoms with Gasteiger partial charge in [-0.3, -0.25) is 4.79 Å². The Morgan fingerprint density at radius 2 is 1.86 bits per heavy atom. The molecule has 5 nitrogen and oxygen atoms in total. The van der Waals surface area contributed by atoms with E-state index in [1.807, 2.05) is 50.2 Å². The number of nitrogens with zero attached hydrogens (tertiary/aromatic N) is 2. The highest BCUT2D eigenvalue weighted by molar-refractivity contribution is 6.04. The van der Waals surface area contributed by atoms with Crippen molar-refractivity contribution in [3.05, 3.63) is 48.2 Å². The van der Waals surface area contributed by atoms with Gasteiger partial charge in [0.05, 0.1) is 5.56 Å². The smallest absolute Gasteiger partial charge is 0.257 e. The first kappa shape index (κ1) is 14.8. The zero-order valence-electron chi connectivity index (χ0n) is 12.6. The van der Waals surface area contributed by atoms with Crippen molar-refractivity contribution >= 4 is 23.1 Å². The number of hydrogen-bond acceptors (Lipinski definition) is 4. The molecule has 0 aliphatic carbocycles. The molecule has 2 aromatic rings. The van der Waals surface area contributed by atoms with Crippen LogP contribution in [-0.4, -0.2) is 31.5 Å². The fourth-order valence-corrected chi connectivity index (χ4v) is 1.86. The molecule has 5 heteroatoms. The molecule has 0 bridgehead atoms. The van der Waals surface area contributed by atoms with Crippen LogP contribution in [0.4, 0.5) is 17.2 Å². The van der Waals surface area contributed by atoms with Crippen molar-refractivity contribution in [1.82, 2.24) is 4.98 Å². The molecule has 1 aromatic carbocycles. The molecule has 1 amide bonds. The fourth-order valence-electron chi connectivity index (χ4n) is 1.86. The third-order valence-electron chi connectivity index (χ3n) is 3.03. The second-order valence-electron chi connectivity index (χ2n) is 4.86. The molecule has 0 aliphatic heterocycles. The maximum absolute atomic E-state index is 12.1. The largest absolute Gasteiger partial charge is 0.378 e. The lowest BCUT2D eigenvalue weighted by atomic mass is 10.2. The Bertz CT molecular complexity index is 591. The molecule has 2 rings (SSSR count). The van der Waals surface area contributed by atoms with Crippen LogP contribution in [0.3, 0.4) is 0 Å². The molecule has 0 aliphatic rings. The van der Waals surface area contributed by atoms with Gasteiger partial charge in [0.25, 0.3) is 5.91 Å². The van der Waals surface area contributed by atoms with E-state index in [4.69, 9.17) is 0 Å². The molecule has 110 valence electrons. The summed E-state index contributed by atoms with van der Waals surface area (Å²) in [6, 6.07) is 11.2. The minimum Gasteiger partial charge on any atom is -0.378 e. The van der Waals surface area contributed by atoms with Gasteiger partial charge < -0.3 is 15.5 Å². The zero-order chi connectivity index (χ0) is 15.2. The molecular weight excluding hydrogens is 264 g/mol. The second kappa shape index (κ2) is 6.74. The predicted molar refractivity (Wildman–Crippen MR) is 87.1 cm³/mol. The quantitative estimate of drug-likeness (QED) is 0.886. The van der Waals surface area contributed by atoms with Crippen molar-refractivity contribution in [2.75, 3.05) is 36.2 Å². The summed E-state index contributed by atoms with van der Waals surface area (Å²) >= 11 is 0. The van der Waals surface area contributed by atoms with Gasteiger partial charge >= 0.3 is 0 Å². The topological polar surface area (TPSA) is 57.3 Å². The van der Waals surface area contributed by atoms with Crippen LogP contribution in [0, 0.1) is 0 Å². The Morgan fingerprint density at radius 1 is 1.14 bits per heavy atom. The maximum Gasteiger partial charge on any atom is 0.257 e. The van der Waals surface area contributed by atoms with Gasteiger partial charge in [0, 0.05) is 38.2 Å². The number of pyridine rings is 1. The Hall–Kier alpha value is -2.56. The SMILES string of the molecule is CCNc1ccc(C(=O)Nc2ccc(N(C)C)cc2)cn1. The molecule has 0 fully saturated rings. The summed E-state index contributed by atoms with van der Waals surface area (Å²) in [4.78, 5) is 18.3. The number of hydrogen-bond donors (Lipinski definition) is 2. The standard InChI is InChI=1S/C16H20N4O/c1-4-17-15-10-5-12(11-18-15)16(21)19-13-6-8-14(9-7-13)20(2)3/h5-11H,4H2,1-3H3,(H,17,18)(H,19,21). The Labute approximate surface area is 125 Å². The lowest BCUT2D eigenvalue weighted by molar-refractivity contribution is 0.102. The van der Waals surface area contributed by atoms with Crippen LogP contribution in [0.25, 0.3) is 0 Å². The van der Waals surface area contributed by atoms with Gasteiger partial charge in [-0.15, -0.1) is 0 Å². The van der Waals surface area contributed by atoms with Crippen LogP contribution in [0.5, 0.6) is 0 Å². The number of nitrogens with one attached hydrogen (secondary N) is 2. The van der Waals surface area contributed by atoms with Gasteiger partial charge in [0.2, 0.25) is 0 Å². The number of carbonyl (C=O) groups excluding carboxylic acids is 1. The van der Waals surface area contributed by atoms with Gasteiger partial charge in [0.1, 0.15) is 5.82 Å². The summed E-state index contributed by atoms with van der Waals surface area (Å²) in [6.45, 7) is 2.80.